The molecule has 4 heterocycles. The molecule has 5 nitrogen and oxygen atoms in total. The van der Waals surface area contributed by atoms with E-state index in [-0.39, 0.29) is 6.17 Å². The van der Waals surface area contributed by atoms with Crippen LogP contribution in [-0.2, 0) is 6.42 Å². The molecule has 0 radical (unpaired) electrons. The number of benzene rings is 2. The van der Waals surface area contributed by atoms with E-state index in [1.807, 2.05) is 6.07 Å². The number of aromatic amines is 1. The third kappa shape index (κ3) is 2.55. The van der Waals surface area contributed by atoms with E-state index < -0.39 is 0 Å². The van der Waals surface area contributed by atoms with Gasteiger partial charge in [-0.15, -0.1) is 0 Å². The number of piperidine rings is 1. The van der Waals surface area contributed by atoms with Crippen molar-refractivity contribution in [2.75, 3.05) is 27.3 Å². The van der Waals surface area contributed by atoms with Crippen molar-refractivity contribution in [3.8, 4) is 11.5 Å². The molecule has 6 rings (SSSR count). The molecule has 2 unspecified atom stereocenters. The summed E-state index contributed by atoms with van der Waals surface area (Å²) in [5.74, 6) is 1.77. The number of fused-ring (bicyclic) bond motifs is 7. The Morgan fingerprint density at radius 3 is 2.73 bits per heavy atom. The summed E-state index contributed by atoms with van der Waals surface area (Å²) in [7, 11) is 3.48. The van der Waals surface area contributed by atoms with E-state index in [1.54, 1.807) is 14.2 Å². The zero-order valence-electron chi connectivity index (χ0n) is 17.7. The molecule has 0 amide bonds. The second kappa shape index (κ2) is 7.03. The Morgan fingerprint density at radius 1 is 0.967 bits per heavy atom. The highest BCUT2D eigenvalue weighted by Gasteiger charge is 2.52. The molecule has 2 saturated heterocycles. The van der Waals surface area contributed by atoms with E-state index in [2.05, 4.69) is 51.2 Å². The molecular formula is C25H29N3O2. The molecule has 3 atom stereocenters. The average molecular weight is 404 g/mol. The van der Waals surface area contributed by atoms with Crippen LogP contribution in [0.3, 0.4) is 0 Å². The Morgan fingerprint density at radius 2 is 1.87 bits per heavy atom. The smallest absolute Gasteiger partial charge is 0.128 e. The van der Waals surface area contributed by atoms with Crippen LogP contribution in [0, 0.1) is 0 Å². The molecule has 1 N–H and O–H groups in total. The Hall–Kier alpha value is -2.50. The van der Waals surface area contributed by atoms with Crippen LogP contribution in [0.5, 0.6) is 11.5 Å². The number of H-pyrrole nitrogens is 1. The number of rotatable bonds is 3. The number of methoxy groups -OCH3 is 2. The van der Waals surface area contributed by atoms with E-state index in [4.69, 9.17) is 9.47 Å². The maximum atomic E-state index is 5.84. The number of hydrogen-bond acceptors (Lipinski definition) is 4. The maximum Gasteiger partial charge on any atom is 0.128 e. The monoisotopic (exact) mass is 403 g/mol. The third-order valence-electron chi connectivity index (χ3n) is 7.42. The van der Waals surface area contributed by atoms with Crippen molar-refractivity contribution >= 4 is 10.9 Å². The lowest BCUT2D eigenvalue weighted by molar-refractivity contribution is 0.0953. The third-order valence-corrected chi connectivity index (χ3v) is 7.42. The zero-order valence-corrected chi connectivity index (χ0v) is 17.7. The fourth-order valence-electron chi connectivity index (χ4n) is 6.18. The lowest BCUT2D eigenvalue weighted by Gasteiger charge is -2.35. The van der Waals surface area contributed by atoms with E-state index in [9.17, 15) is 0 Å². The fourth-order valence-corrected chi connectivity index (χ4v) is 6.18. The Balaban J connectivity index is 1.49. The Kier molecular flexibility index (Phi) is 4.29. The second-order valence-electron chi connectivity index (χ2n) is 8.78. The molecule has 0 spiro atoms. The first-order valence-electron chi connectivity index (χ1n) is 11.1. The van der Waals surface area contributed by atoms with Gasteiger partial charge in [0.1, 0.15) is 11.5 Å². The summed E-state index contributed by atoms with van der Waals surface area (Å²) < 4.78 is 11.3. The number of nitrogens with one attached hydrogen (secondary N) is 1. The molecule has 2 fully saturated rings. The average Bonchev–Trinajstić information content (AvgIpc) is 3.34. The Labute approximate surface area is 177 Å². The minimum absolute atomic E-state index is 0.251. The topological polar surface area (TPSA) is 40.7 Å². The SMILES string of the molecule is COc1ccc(C2N3CCCCC3[C@@H]3c4[nH]c5ccccc5c4CCN23)c(OC)c1. The largest absolute Gasteiger partial charge is 0.497 e. The van der Waals surface area contributed by atoms with Crippen LogP contribution in [0.1, 0.15) is 48.3 Å². The molecule has 2 aromatic carbocycles. The van der Waals surface area contributed by atoms with E-state index >= 15 is 0 Å². The Bertz CT molecular complexity index is 1090. The van der Waals surface area contributed by atoms with Crippen molar-refractivity contribution < 1.29 is 9.47 Å². The maximum absolute atomic E-state index is 5.84. The standard InChI is InChI=1S/C25H29N3O2/c1-29-16-10-11-19(22(15-16)30-2)25-27-13-6-5-9-21(27)24-23-18(12-14-28(24)25)17-7-3-4-8-20(17)26-23/h3-4,7-8,10-11,15,21,24-26H,5-6,9,12-14H2,1-2H3/t21?,24-,25?/m1/s1. The van der Waals surface area contributed by atoms with Crippen LogP contribution >= 0.6 is 0 Å². The molecule has 0 saturated carbocycles. The van der Waals surface area contributed by atoms with Gasteiger partial charge in [-0.05, 0) is 43.0 Å². The fraction of sp³-hybridized carbons (Fsp3) is 0.440. The van der Waals surface area contributed by atoms with E-state index in [1.165, 1.54) is 47.0 Å². The van der Waals surface area contributed by atoms with Crippen molar-refractivity contribution in [1.82, 2.24) is 14.8 Å². The molecule has 30 heavy (non-hydrogen) atoms. The first-order chi connectivity index (χ1) is 14.8. The first kappa shape index (κ1) is 18.3. The number of para-hydroxylation sites is 1. The molecule has 3 aliphatic heterocycles. The summed E-state index contributed by atoms with van der Waals surface area (Å²) in [6, 6.07) is 16.1. The van der Waals surface area contributed by atoms with Gasteiger partial charge in [0.05, 0.1) is 26.4 Å². The molecule has 1 aromatic heterocycles. The van der Waals surface area contributed by atoms with Gasteiger partial charge in [0.2, 0.25) is 0 Å². The van der Waals surface area contributed by atoms with Gasteiger partial charge in [0.25, 0.3) is 0 Å². The molecule has 0 bridgehead atoms. The number of aromatic nitrogens is 1. The summed E-state index contributed by atoms with van der Waals surface area (Å²) >= 11 is 0. The van der Waals surface area contributed by atoms with Crippen LogP contribution < -0.4 is 9.47 Å². The molecule has 3 aromatic rings. The van der Waals surface area contributed by atoms with Crippen LogP contribution in [0.4, 0.5) is 0 Å². The van der Waals surface area contributed by atoms with Gasteiger partial charge < -0.3 is 14.5 Å². The van der Waals surface area contributed by atoms with E-state index in [0.29, 0.717) is 12.1 Å². The van der Waals surface area contributed by atoms with Gasteiger partial charge in [0, 0.05) is 47.4 Å². The minimum atomic E-state index is 0.251. The van der Waals surface area contributed by atoms with Gasteiger partial charge in [0.15, 0.2) is 0 Å². The van der Waals surface area contributed by atoms with Crippen LogP contribution in [0.2, 0.25) is 0 Å². The molecular weight excluding hydrogens is 374 g/mol. The van der Waals surface area contributed by atoms with Crippen molar-refractivity contribution in [2.24, 2.45) is 0 Å². The molecule has 3 aliphatic rings. The van der Waals surface area contributed by atoms with Crippen molar-refractivity contribution in [3.63, 3.8) is 0 Å². The van der Waals surface area contributed by atoms with Gasteiger partial charge >= 0.3 is 0 Å². The summed E-state index contributed by atoms with van der Waals surface area (Å²) in [5, 5.41) is 1.40. The number of hydrogen-bond donors (Lipinski definition) is 1. The van der Waals surface area contributed by atoms with Crippen LogP contribution in [0.15, 0.2) is 42.5 Å². The number of nitrogens with zero attached hydrogens (tertiary/aromatic N) is 2. The highest BCUT2D eigenvalue weighted by molar-refractivity contribution is 5.85. The summed E-state index contributed by atoms with van der Waals surface area (Å²) in [6.45, 7) is 2.22. The molecule has 156 valence electrons. The van der Waals surface area contributed by atoms with Crippen LogP contribution in [0.25, 0.3) is 10.9 Å². The minimum Gasteiger partial charge on any atom is -0.497 e. The summed E-state index contributed by atoms with van der Waals surface area (Å²) in [5.41, 5.74) is 5.50. The van der Waals surface area contributed by atoms with Crippen molar-refractivity contribution in [1.29, 1.82) is 0 Å². The van der Waals surface area contributed by atoms with Crippen molar-refractivity contribution in [2.45, 2.75) is 43.9 Å². The van der Waals surface area contributed by atoms with Gasteiger partial charge in [-0.3, -0.25) is 9.80 Å². The van der Waals surface area contributed by atoms with Gasteiger partial charge in [-0.1, -0.05) is 24.6 Å². The summed E-state index contributed by atoms with van der Waals surface area (Å²) in [4.78, 5) is 9.28. The quantitative estimate of drug-likeness (QED) is 0.691. The van der Waals surface area contributed by atoms with Crippen LogP contribution in [-0.4, -0.2) is 48.1 Å². The molecule has 0 aliphatic carbocycles. The zero-order chi connectivity index (χ0) is 20.2. The highest BCUT2D eigenvalue weighted by Crippen LogP contribution is 2.53. The highest BCUT2D eigenvalue weighted by atomic mass is 16.5. The first-order valence-corrected chi connectivity index (χ1v) is 11.1. The second-order valence-corrected chi connectivity index (χ2v) is 8.78. The van der Waals surface area contributed by atoms with Gasteiger partial charge in [-0.25, -0.2) is 0 Å². The van der Waals surface area contributed by atoms with Gasteiger partial charge in [-0.2, -0.15) is 0 Å². The van der Waals surface area contributed by atoms with Crippen molar-refractivity contribution in [3.05, 3.63) is 59.3 Å². The predicted octanol–water partition coefficient (Wildman–Crippen LogP) is 4.65. The van der Waals surface area contributed by atoms with E-state index in [0.717, 1.165) is 31.0 Å². The lowest BCUT2D eigenvalue weighted by Crippen LogP contribution is -2.38. The number of ether oxygens (including phenoxy) is 2. The molecule has 5 heteroatoms. The normalized spacial score (nSPS) is 26.3. The predicted molar refractivity (Wildman–Crippen MR) is 118 cm³/mol. The lowest BCUT2D eigenvalue weighted by atomic mass is 9.90. The summed E-state index contributed by atoms with van der Waals surface area (Å²) in [6.07, 6.45) is 5.18.